The van der Waals surface area contributed by atoms with Crippen molar-refractivity contribution < 1.29 is 5.11 Å². The summed E-state index contributed by atoms with van der Waals surface area (Å²) in [6.07, 6.45) is 1.39. The van der Waals surface area contributed by atoms with Crippen LogP contribution in [-0.2, 0) is 0 Å². The molecule has 0 saturated heterocycles. The predicted molar refractivity (Wildman–Crippen MR) is 84.8 cm³/mol. The van der Waals surface area contributed by atoms with E-state index in [-0.39, 0.29) is 12.0 Å². The van der Waals surface area contributed by atoms with E-state index in [1.54, 1.807) is 0 Å². The fourth-order valence-corrected chi connectivity index (χ4v) is 2.75. The van der Waals surface area contributed by atoms with Crippen LogP contribution < -0.4 is 0 Å². The van der Waals surface area contributed by atoms with Crippen molar-refractivity contribution in [1.29, 1.82) is 0 Å². The van der Waals surface area contributed by atoms with Gasteiger partial charge in [-0.1, -0.05) is 74.5 Å². The lowest BCUT2D eigenvalue weighted by atomic mass is 9.85. The summed E-state index contributed by atoms with van der Waals surface area (Å²) in [5.74, 6) is 0.795. The van der Waals surface area contributed by atoms with Crippen LogP contribution in [0.15, 0.2) is 60.7 Å². The second kappa shape index (κ2) is 7.25. The Bertz CT molecular complexity index is 450. The summed E-state index contributed by atoms with van der Waals surface area (Å²) in [5, 5.41) is 10.3. The first kappa shape index (κ1) is 14.8. The highest BCUT2D eigenvalue weighted by Gasteiger charge is 2.18. The molecule has 0 aliphatic carbocycles. The molecule has 0 unspecified atom stereocenters. The third kappa shape index (κ3) is 4.21. The van der Waals surface area contributed by atoms with E-state index in [2.05, 4.69) is 62.4 Å². The zero-order chi connectivity index (χ0) is 14.4. The fourth-order valence-electron chi connectivity index (χ4n) is 2.75. The van der Waals surface area contributed by atoms with Crippen molar-refractivity contribution in [2.24, 2.45) is 5.92 Å². The van der Waals surface area contributed by atoms with Crippen molar-refractivity contribution >= 4 is 0 Å². The van der Waals surface area contributed by atoms with E-state index >= 15 is 0 Å². The number of aliphatic hydroxyl groups excluding tert-OH is 1. The molecule has 20 heavy (non-hydrogen) atoms. The van der Waals surface area contributed by atoms with E-state index < -0.39 is 0 Å². The molecule has 0 spiro atoms. The van der Waals surface area contributed by atoms with Gasteiger partial charge in [0.25, 0.3) is 0 Å². The quantitative estimate of drug-likeness (QED) is 0.810. The first-order valence-corrected chi connectivity index (χ1v) is 7.44. The van der Waals surface area contributed by atoms with Crippen LogP contribution in [0.5, 0.6) is 0 Å². The molecule has 2 rings (SSSR count). The van der Waals surface area contributed by atoms with Gasteiger partial charge in [-0.25, -0.2) is 0 Å². The topological polar surface area (TPSA) is 20.2 Å². The molecule has 0 saturated carbocycles. The van der Waals surface area contributed by atoms with Crippen LogP contribution in [0.25, 0.3) is 0 Å². The summed E-state index contributed by atoms with van der Waals surface area (Å²) < 4.78 is 0. The summed E-state index contributed by atoms with van der Waals surface area (Å²) in [7, 11) is 0. The van der Waals surface area contributed by atoms with Crippen LogP contribution in [0, 0.1) is 5.92 Å². The second-order valence-electron chi connectivity index (χ2n) is 5.89. The molecule has 0 aromatic heterocycles. The van der Waals surface area contributed by atoms with Crippen LogP contribution in [0.1, 0.15) is 43.7 Å². The van der Waals surface area contributed by atoms with Crippen LogP contribution in [0.2, 0.25) is 0 Å². The molecular weight excluding hydrogens is 244 g/mol. The molecule has 0 radical (unpaired) electrons. The van der Waals surface area contributed by atoms with Gasteiger partial charge < -0.3 is 5.11 Å². The highest BCUT2D eigenvalue weighted by Crippen LogP contribution is 2.30. The molecular formula is C19H24O. The number of benzene rings is 2. The standard InChI is InChI=1S/C19H24O/c1-15(2)13-18(20)14-19(16-9-5-3-6-10-16)17-11-7-4-8-12-17/h3-12,15,18-20H,13-14H2,1-2H3/t18-/m1/s1. The third-order valence-corrected chi connectivity index (χ3v) is 3.66. The Labute approximate surface area is 122 Å². The van der Waals surface area contributed by atoms with Crippen LogP contribution in [-0.4, -0.2) is 11.2 Å². The molecule has 2 aromatic carbocycles. The molecule has 1 heteroatoms. The van der Waals surface area contributed by atoms with Gasteiger partial charge in [-0.05, 0) is 29.9 Å². The Balaban J connectivity index is 2.21. The van der Waals surface area contributed by atoms with Gasteiger partial charge in [0, 0.05) is 5.92 Å². The summed E-state index contributed by atoms with van der Waals surface area (Å²) in [5.41, 5.74) is 2.56. The van der Waals surface area contributed by atoms with Crippen LogP contribution in [0.4, 0.5) is 0 Å². The van der Waals surface area contributed by atoms with Gasteiger partial charge in [-0.3, -0.25) is 0 Å². The van der Waals surface area contributed by atoms with Crippen molar-refractivity contribution in [3.8, 4) is 0 Å². The predicted octanol–water partition coefficient (Wildman–Crippen LogP) is 4.62. The molecule has 0 heterocycles. The van der Waals surface area contributed by atoms with Gasteiger partial charge in [-0.15, -0.1) is 0 Å². The molecule has 0 aliphatic heterocycles. The van der Waals surface area contributed by atoms with E-state index in [9.17, 15) is 5.11 Å². The molecule has 1 atom stereocenters. The second-order valence-corrected chi connectivity index (χ2v) is 5.89. The lowest BCUT2D eigenvalue weighted by Gasteiger charge is -2.22. The van der Waals surface area contributed by atoms with Gasteiger partial charge in [0.05, 0.1) is 6.10 Å². The fraction of sp³-hybridized carbons (Fsp3) is 0.368. The minimum absolute atomic E-state index is 0.250. The molecule has 106 valence electrons. The maximum absolute atomic E-state index is 10.3. The van der Waals surface area contributed by atoms with Gasteiger partial charge in [0.15, 0.2) is 0 Å². The molecule has 0 fully saturated rings. The Morgan fingerprint density at radius 2 is 1.20 bits per heavy atom. The maximum atomic E-state index is 10.3. The van der Waals surface area contributed by atoms with Crippen LogP contribution >= 0.6 is 0 Å². The monoisotopic (exact) mass is 268 g/mol. The van der Waals surface area contributed by atoms with E-state index in [1.165, 1.54) is 11.1 Å². The highest BCUT2D eigenvalue weighted by atomic mass is 16.3. The van der Waals surface area contributed by atoms with Gasteiger partial charge in [0.2, 0.25) is 0 Å². The Morgan fingerprint density at radius 3 is 1.60 bits per heavy atom. The SMILES string of the molecule is CC(C)C[C@@H](O)CC(c1ccccc1)c1ccccc1. The highest BCUT2D eigenvalue weighted by molar-refractivity contribution is 5.32. The lowest BCUT2D eigenvalue weighted by molar-refractivity contribution is 0.134. The molecule has 1 N–H and O–H groups in total. The summed E-state index contributed by atoms with van der Waals surface area (Å²) >= 11 is 0. The first-order chi connectivity index (χ1) is 9.66. The van der Waals surface area contributed by atoms with Gasteiger partial charge in [-0.2, -0.15) is 0 Å². The zero-order valence-electron chi connectivity index (χ0n) is 12.4. The van der Waals surface area contributed by atoms with E-state index in [0.29, 0.717) is 5.92 Å². The third-order valence-electron chi connectivity index (χ3n) is 3.66. The summed E-state index contributed by atoms with van der Waals surface area (Å²) in [4.78, 5) is 0. The summed E-state index contributed by atoms with van der Waals surface area (Å²) in [6.45, 7) is 4.31. The molecule has 0 aliphatic rings. The van der Waals surface area contributed by atoms with Crippen molar-refractivity contribution in [1.82, 2.24) is 0 Å². The zero-order valence-corrected chi connectivity index (χ0v) is 12.4. The van der Waals surface area contributed by atoms with Gasteiger partial charge in [0.1, 0.15) is 0 Å². The molecule has 0 amide bonds. The van der Waals surface area contributed by atoms with Crippen molar-refractivity contribution in [3.05, 3.63) is 71.8 Å². The maximum Gasteiger partial charge on any atom is 0.0551 e. The number of rotatable bonds is 6. The Kier molecular flexibility index (Phi) is 5.37. The lowest BCUT2D eigenvalue weighted by Crippen LogP contribution is -2.15. The smallest absolute Gasteiger partial charge is 0.0551 e. The summed E-state index contributed by atoms with van der Waals surface area (Å²) in [6, 6.07) is 21.0. The largest absolute Gasteiger partial charge is 0.393 e. The molecule has 1 nitrogen and oxygen atoms in total. The van der Waals surface area contributed by atoms with E-state index in [1.807, 2.05) is 12.1 Å². The number of hydrogen-bond acceptors (Lipinski definition) is 1. The Hall–Kier alpha value is -1.60. The Morgan fingerprint density at radius 1 is 0.750 bits per heavy atom. The minimum atomic E-state index is -0.250. The van der Waals surface area contributed by atoms with E-state index in [0.717, 1.165) is 12.8 Å². The number of hydrogen-bond donors (Lipinski definition) is 1. The normalized spacial score (nSPS) is 12.8. The van der Waals surface area contributed by atoms with Gasteiger partial charge >= 0.3 is 0 Å². The van der Waals surface area contributed by atoms with Crippen molar-refractivity contribution in [2.75, 3.05) is 0 Å². The van der Waals surface area contributed by atoms with Crippen LogP contribution in [0.3, 0.4) is 0 Å². The molecule has 2 aromatic rings. The first-order valence-electron chi connectivity index (χ1n) is 7.44. The van der Waals surface area contributed by atoms with E-state index in [4.69, 9.17) is 0 Å². The average Bonchev–Trinajstić information content (AvgIpc) is 2.46. The van der Waals surface area contributed by atoms with Crippen molar-refractivity contribution in [2.45, 2.75) is 38.7 Å². The van der Waals surface area contributed by atoms with Crippen molar-refractivity contribution in [3.63, 3.8) is 0 Å². The number of aliphatic hydroxyl groups is 1. The minimum Gasteiger partial charge on any atom is -0.393 e. The molecule has 0 bridgehead atoms. The average molecular weight is 268 g/mol.